The first-order chi connectivity index (χ1) is 9.78. The molecular weight excluding hydrogens is 320 g/mol. The predicted molar refractivity (Wildman–Crippen MR) is 83.3 cm³/mol. The van der Waals surface area contributed by atoms with Crippen LogP contribution >= 0.6 is 15.9 Å². The molecule has 7 heteroatoms. The van der Waals surface area contributed by atoms with Crippen LogP contribution in [0.2, 0.25) is 0 Å². The van der Waals surface area contributed by atoms with Crippen molar-refractivity contribution in [2.75, 3.05) is 17.2 Å². The minimum atomic E-state index is 0.568. The monoisotopic (exact) mass is 332 g/mol. The maximum absolute atomic E-state index is 4.49. The normalized spacial score (nSPS) is 10.7. The van der Waals surface area contributed by atoms with Crippen molar-refractivity contribution in [3.05, 3.63) is 34.9 Å². The van der Waals surface area contributed by atoms with E-state index in [-0.39, 0.29) is 0 Å². The molecule has 0 unspecified atom stereocenters. The number of hydrogen-bond donors (Lipinski definition) is 3. The number of nitrogens with one attached hydrogen (secondary N) is 3. The molecule has 0 saturated carbocycles. The maximum Gasteiger partial charge on any atom is 0.226 e. The van der Waals surface area contributed by atoms with Gasteiger partial charge in [0.05, 0.1) is 17.3 Å². The summed E-state index contributed by atoms with van der Waals surface area (Å²) in [5.74, 6) is 1.28. The van der Waals surface area contributed by atoms with E-state index in [0.717, 1.165) is 22.1 Å². The third-order valence-corrected chi connectivity index (χ3v) is 3.46. The van der Waals surface area contributed by atoms with Crippen molar-refractivity contribution in [1.29, 1.82) is 0 Å². The molecule has 1 aromatic carbocycles. The molecule has 102 valence electrons. The molecule has 0 amide bonds. The molecule has 0 atom stereocenters. The molecule has 2 aromatic heterocycles. The molecule has 0 fully saturated rings. The van der Waals surface area contributed by atoms with Crippen molar-refractivity contribution in [3.8, 4) is 0 Å². The van der Waals surface area contributed by atoms with E-state index < -0.39 is 0 Å². The second-order valence-electron chi connectivity index (χ2n) is 4.16. The van der Waals surface area contributed by atoms with Gasteiger partial charge in [-0.3, -0.25) is 5.10 Å². The van der Waals surface area contributed by atoms with Crippen LogP contribution in [-0.4, -0.2) is 26.7 Å². The number of fused-ring (bicyclic) bond motifs is 1. The molecule has 0 bridgehead atoms. The Bertz CT molecular complexity index is 739. The Hall–Kier alpha value is -2.15. The summed E-state index contributed by atoms with van der Waals surface area (Å²) in [6.07, 6.45) is 1.71. The Morgan fingerprint density at radius 2 is 2.10 bits per heavy atom. The molecule has 20 heavy (non-hydrogen) atoms. The van der Waals surface area contributed by atoms with E-state index in [9.17, 15) is 0 Å². The van der Waals surface area contributed by atoms with Crippen molar-refractivity contribution >= 4 is 44.4 Å². The lowest BCUT2D eigenvalue weighted by molar-refractivity contribution is 1.07. The number of H-pyrrole nitrogens is 1. The van der Waals surface area contributed by atoms with Gasteiger partial charge < -0.3 is 10.6 Å². The van der Waals surface area contributed by atoms with E-state index in [1.165, 1.54) is 0 Å². The van der Waals surface area contributed by atoms with Crippen molar-refractivity contribution in [2.24, 2.45) is 0 Å². The van der Waals surface area contributed by atoms with Crippen LogP contribution in [-0.2, 0) is 0 Å². The zero-order valence-electron chi connectivity index (χ0n) is 10.8. The lowest BCUT2D eigenvalue weighted by atomic mass is 10.3. The summed E-state index contributed by atoms with van der Waals surface area (Å²) in [6, 6.07) is 7.88. The molecule has 0 radical (unpaired) electrons. The number of aromatic amines is 1. The van der Waals surface area contributed by atoms with E-state index in [1.54, 1.807) is 6.20 Å². The third kappa shape index (κ3) is 2.44. The number of rotatable bonds is 4. The van der Waals surface area contributed by atoms with Gasteiger partial charge in [-0.2, -0.15) is 15.1 Å². The van der Waals surface area contributed by atoms with E-state index >= 15 is 0 Å². The van der Waals surface area contributed by atoms with E-state index in [2.05, 4.69) is 46.7 Å². The van der Waals surface area contributed by atoms with Crippen LogP contribution in [0.3, 0.4) is 0 Å². The smallest absolute Gasteiger partial charge is 0.226 e. The number of nitrogens with zero attached hydrogens (tertiary/aromatic N) is 3. The fourth-order valence-corrected chi connectivity index (χ4v) is 2.24. The molecular formula is C13H13BrN6. The van der Waals surface area contributed by atoms with Crippen molar-refractivity contribution in [3.63, 3.8) is 0 Å². The number of benzene rings is 1. The number of aromatic nitrogens is 4. The van der Waals surface area contributed by atoms with Crippen molar-refractivity contribution in [1.82, 2.24) is 20.2 Å². The Kier molecular flexibility index (Phi) is 3.51. The van der Waals surface area contributed by atoms with E-state index in [4.69, 9.17) is 0 Å². The van der Waals surface area contributed by atoms with E-state index in [1.807, 2.05) is 31.2 Å². The molecule has 2 heterocycles. The zero-order valence-corrected chi connectivity index (χ0v) is 12.4. The molecule has 3 aromatic rings. The second kappa shape index (κ2) is 5.46. The number of para-hydroxylation sites is 1. The average molecular weight is 333 g/mol. The standard InChI is InChI=1S/C13H13BrN6/c1-2-15-13-18-11(8-7-16-20-12(8)19-13)17-10-6-4-3-5-9(10)14/h3-7H,2H2,1H3,(H3,15,16,17,18,19,20). The van der Waals surface area contributed by atoms with Gasteiger partial charge in [-0.05, 0) is 35.0 Å². The van der Waals surface area contributed by atoms with Crippen molar-refractivity contribution < 1.29 is 0 Å². The number of anilines is 3. The van der Waals surface area contributed by atoms with Gasteiger partial charge in [-0.25, -0.2) is 0 Å². The Labute approximate surface area is 124 Å². The molecule has 0 saturated heterocycles. The van der Waals surface area contributed by atoms with Gasteiger partial charge in [-0.1, -0.05) is 12.1 Å². The lowest BCUT2D eigenvalue weighted by Crippen LogP contribution is -2.05. The SMILES string of the molecule is CCNc1nc(Nc2ccccc2Br)c2cn[nH]c2n1. The number of halogens is 1. The summed E-state index contributed by atoms with van der Waals surface area (Å²) in [5.41, 5.74) is 1.64. The minimum Gasteiger partial charge on any atom is -0.354 e. The van der Waals surface area contributed by atoms with Crippen LogP contribution in [0.1, 0.15) is 6.92 Å². The highest BCUT2D eigenvalue weighted by molar-refractivity contribution is 9.10. The summed E-state index contributed by atoms with van der Waals surface area (Å²) in [7, 11) is 0. The van der Waals surface area contributed by atoms with Crippen LogP contribution in [0.15, 0.2) is 34.9 Å². The first-order valence-corrected chi connectivity index (χ1v) is 7.03. The van der Waals surface area contributed by atoms with Crippen LogP contribution in [0.25, 0.3) is 11.0 Å². The first-order valence-electron chi connectivity index (χ1n) is 6.24. The van der Waals surface area contributed by atoms with E-state index in [0.29, 0.717) is 17.4 Å². The summed E-state index contributed by atoms with van der Waals surface area (Å²) < 4.78 is 0.972. The van der Waals surface area contributed by atoms with Crippen molar-refractivity contribution in [2.45, 2.75) is 6.92 Å². The zero-order chi connectivity index (χ0) is 13.9. The molecule has 0 aliphatic rings. The number of hydrogen-bond acceptors (Lipinski definition) is 5. The van der Waals surface area contributed by atoms with Crippen LogP contribution in [0, 0.1) is 0 Å². The van der Waals surface area contributed by atoms with Crippen LogP contribution in [0.4, 0.5) is 17.5 Å². The largest absolute Gasteiger partial charge is 0.354 e. The van der Waals surface area contributed by atoms with Gasteiger partial charge in [0, 0.05) is 11.0 Å². The third-order valence-electron chi connectivity index (χ3n) is 2.77. The highest BCUT2D eigenvalue weighted by atomic mass is 79.9. The Morgan fingerprint density at radius 1 is 1.25 bits per heavy atom. The summed E-state index contributed by atoms with van der Waals surface area (Å²) in [4.78, 5) is 8.84. The molecule has 0 aliphatic carbocycles. The van der Waals surface area contributed by atoms with Gasteiger partial charge in [0.15, 0.2) is 5.65 Å². The molecule has 3 rings (SSSR count). The van der Waals surface area contributed by atoms with Gasteiger partial charge in [0.2, 0.25) is 5.95 Å². The predicted octanol–water partition coefficient (Wildman–Crippen LogP) is 3.29. The lowest BCUT2D eigenvalue weighted by Gasteiger charge is -2.10. The molecule has 6 nitrogen and oxygen atoms in total. The van der Waals surface area contributed by atoms with Gasteiger partial charge in [0.1, 0.15) is 5.82 Å². The minimum absolute atomic E-state index is 0.568. The molecule has 0 spiro atoms. The molecule has 3 N–H and O–H groups in total. The average Bonchev–Trinajstić information content (AvgIpc) is 2.90. The quantitative estimate of drug-likeness (QED) is 0.683. The van der Waals surface area contributed by atoms with Gasteiger partial charge in [-0.15, -0.1) is 0 Å². The van der Waals surface area contributed by atoms with Crippen LogP contribution < -0.4 is 10.6 Å². The highest BCUT2D eigenvalue weighted by Crippen LogP contribution is 2.28. The van der Waals surface area contributed by atoms with Gasteiger partial charge in [0.25, 0.3) is 0 Å². The Balaban J connectivity index is 2.05. The van der Waals surface area contributed by atoms with Crippen LogP contribution in [0.5, 0.6) is 0 Å². The first kappa shape index (κ1) is 12.9. The maximum atomic E-state index is 4.49. The fourth-order valence-electron chi connectivity index (χ4n) is 1.86. The topological polar surface area (TPSA) is 78.5 Å². The highest BCUT2D eigenvalue weighted by Gasteiger charge is 2.10. The summed E-state index contributed by atoms with van der Waals surface area (Å²) in [5, 5.41) is 14.1. The van der Waals surface area contributed by atoms with Gasteiger partial charge >= 0.3 is 0 Å². The Morgan fingerprint density at radius 3 is 2.90 bits per heavy atom. The molecule has 0 aliphatic heterocycles. The fraction of sp³-hybridized carbons (Fsp3) is 0.154. The summed E-state index contributed by atoms with van der Waals surface area (Å²) >= 11 is 3.51. The second-order valence-corrected chi connectivity index (χ2v) is 5.02. The summed E-state index contributed by atoms with van der Waals surface area (Å²) in [6.45, 7) is 2.76.